The molecule has 0 spiro atoms. The van der Waals surface area contributed by atoms with E-state index in [9.17, 15) is 0 Å². The molecule has 0 radical (unpaired) electrons. The number of amidine groups is 1. The first-order valence-corrected chi connectivity index (χ1v) is 4.80. The predicted octanol–water partition coefficient (Wildman–Crippen LogP) is 2.38. The van der Waals surface area contributed by atoms with Crippen LogP contribution in [0, 0.1) is 8.98 Å². The highest BCUT2D eigenvalue weighted by atomic mass is 127. The zero-order chi connectivity index (χ0) is 8.97. The molecular weight excluding hydrogens is 263 g/mol. The Labute approximate surface area is 86.0 Å². The van der Waals surface area contributed by atoms with E-state index in [1.54, 1.807) is 6.92 Å². The molecule has 0 aliphatic rings. The lowest BCUT2D eigenvalue weighted by Crippen LogP contribution is -2.18. The van der Waals surface area contributed by atoms with Gasteiger partial charge >= 0.3 is 0 Å². The van der Waals surface area contributed by atoms with Gasteiger partial charge in [0.1, 0.15) is 0 Å². The van der Waals surface area contributed by atoms with Crippen LogP contribution in [-0.2, 0) is 6.54 Å². The van der Waals surface area contributed by atoms with Gasteiger partial charge in [0.05, 0.1) is 5.84 Å². The maximum Gasteiger partial charge on any atom is 0.0902 e. The molecule has 0 heterocycles. The van der Waals surface area contributed by atoms with Gasteiger partial charge in [0, 0.05) is 10.1 Å². The summed E-state index contributed by atoms with van der Waals surface area (Å²) >= 11 is 2.28. The van der Waals surface area contributed by atoms with Gasteiger partial charge in [0.25, 0.3) is 0 Å². The van der Waals surface area contributed by atoms with E-state index in [1.807, 2.05) is 6.07 Å². The molecule has 2 nitrogen and oxygen atoms in total. The van der Waals surface area contributed by atoms with E-state index < -0.39 is 0 Å². The molecule has 3 heteroatoms. The van der Waals surface area contributed by atoms with Crippen molar-refractivity contribution < 1.29 is 0 Å². The summed E-state index contributed by atoms with van der Waals surface area (Å²) in [5.41, 5.74) is 1.22. The van der Waals surface area contributed by atoms with Gasteiger partial charge in [-0.1, -0.05) is 12.1 Å². The van der Waals surface area contributed by atoms with E-state index in [0.717, 1.165) is 6.54 Å². The molecular formula is C9H11IN2. The quantitative estimate of drug-likeness (QED) is 0.485. The van der Waals surface area contributed by atoms with Crippen molar-refractivity contribution in [3.8, 4) is 0 Å². The third kappa shape index (κ3) is 3.21. The summed E-state index contributed by atoms with van der Waals surface area (Å²) in [5.74, 6) is 0.508. The van der Waals surface area contributed by atoms with Crippen molar-refractivity contribution in [1.29, 1.82) is 5.41 Å². The van der Waals surface area contributed by atoms with Crippen molar-refractivity contribution >= 4 is 28.4 Å². The minimum Gasteiger partial charge on any atom is -0.370 e. The molecule has 0 unspecified atom stereocenters. The van der Waals surface area contributed by atoms with Crippen molar-refractivity contribution in [2.75, 3.05) is 0 Å². The number of nitrogens with one attached hydrogen (secondary N) is 2. The molecule has 0 aliphatic heterocycles. The molecule has 0 aliphatic carbocycles. The van der Waals surface area contributed by atoms with Gasteiger partial charge in [-0.2, -0.15) is 0 Å². The minimum absolute atomic E-state index is 0.508. The maximum atomic E-state index is 7.18. The fraction of sp³-hybridized carbons (Fsp3) is 0.222. The summed E-state index contributed by atoms with van der Waals surface area (Å²) in [5, 5.41) is 10.2. The van der Waals surface area contributed by atoms with Crippen molar-refractivity contribution in [3.63, 3.8) is 0 Å². The number of hydrogen-bond acceptors (Lipinski definition) is 1. The van der Waals surface area contributed by atoms with Crippen LogP contribution in [0.4, 0.5) is 0 Å². The minimum atomic E-state index is 0.508. The molecule has 1 aromatic rings. The van der Waals surface area contributed by atoms with Crippen molar-refractivity contribution in [2.45, 2.75) is 13.5 Å². The largest absolute Gasteiger partial charge is 0.370 e. The summed E-state index contributed by atoms with van der Waals surface area (Å²) in [6, 6.07) is 8.24. The maximum absolute atomic E-state index is 7.18. The van der Waals surface area contributed by atoms with Crippen molar-refractivity contribution in [3.05, 3.63) is 33.4 Å². The summed E-state index contributed by atoms with van der Waals surface area (Å²) in [6.07, 6.45) is 0. The smallest absolute Gasteiger partial charge is 0.0902 e. The normalized spacial score (nSPS) is 9.50. The molecule has 0 atom stereocenters. The first-order valence-electron chi connectivity index (χ1n) is 3.72. The molecule has 0 bridgehead atoms. The lowest BCUT2D eigenvalue weighted by atomic mass is 10.2. The molecule has 12 heavy (non-hydrogen) atoms. The topological polar surface area (TPSA) is 35.9 Å². The summed E-state index contributed by atoms with van der Waals surface area (Å²) in [7, 11) is 0. The van der Waals surface area contributed by atoms with Gasteiger partial charge in [0.15, 0.2) is 0 Å². The second kappa shape index (κ2) is 4.45. The Kier molecular flexibility index (Phi) is 3.52. The molecule has 0 saturated carbocycles. The summed E-state index contributed by atoms with van der Waals surface area (Å²) < 4.78 is 1.23. The van der Waals surface area contributed by atoms with Crippen LogP contribution in [0.2, 0.25) is 0 Å². The van der Waals surface area contributed by atoms with Gasteiger partial charge in [-0.15, -0.1) is 0 Å². The highest BCUT2D eigenvalue weighted by molar-refractivity contribution is 14.1. The van der Waals surface area contributed by atoms with Crippen molar-refractivity contribution in [1.82, 2.24) is 5.32 Å². The third-order valence-electron chi connectivity index (χ3n) is 1.45. The van der Waals surface area contributed by atoms with Crippen molar-refractivity contribution in [2.24, 2.45) is 0 Å². The van der Waals surface area contributed by atoms with Crippen LogP contribution in [0.1, 0.15) is 12.5 Å². The van der Waals surface area contributed by atoms with E-state index >= 15 is 0 Å². The van der Waals surface area contributed by atoms with Crippen LogP contribution in [0.5, 0.6) is 0 Å². The second-order valence-corrected chi connectivity index (χ2v) is 3.85. The zero-order valence-corrected chi connectivity index (χ0v) is 9.05. The Morgan fingerprint density at radius 2 is 2.33 bits per heavy atom. The number of halogens is 1. The Hall–Kier alpha value is -0.580. The Morgan fingerprint density at radius 3 is 2.92 bits per heavy atom. The molecule has 0 saturated heterocycles. The lowest BCUT2D eigenvalue weighted by Gasteiger charge is -2.03. The summed E-state index contributed by atoms with van der Waals surface area (Å²) in [4.78, 5) is 0. The number of benzene rings is 1. The first-order chi connectivity index (χ1) is 5.68. The number of rotatable bonds is 2. The number of hydrogen-bond donors (Lipinski definition) is 2. The van der Waals surface area contributed by atoms with E-state index in [-0.39, 0.29) is 0 Å². The molecule has 1 rings (SSSR count). The van der Waals surface area contributed by atoms with E-state index in [4.69, 9.17) is 5.41 Å². The average Bonchev–Trinajstić information content (AvgIpc) is 2.01. The highest BCUT2D eigenvalue weighted by Gasteiger charge is 1.92. The van der Waals surface area contributed by atoms with Crippen LogP contribution in [-0.4, -0.2) is 5.84 Å². The Bertz CT molecular complexity index is 284. The van der Waals surface area contributed by atoms with Crippen LogP contribution >= 0.6 is 22.6 Å². The van der Waals surface area contributed by atoms with E-state index in [0.29, 0.717) is 5.84 Å². The lowest BCUT2D eigenvalue weighted by molar-refractivity contribution is 0.901. The Morgan fingerprint density at radius 1 is 1.58 bits per heavy atom. The standard InChI is InChI=1S/C9H11IN2/c1-7(11)12-6-8-3-2-4-9(10)5-8/h2-5H,6H2,1H3,(H2,11,12). The SMILES string of the molecule is CC(=N)NCc1cccc(I)c1. The van der Waals surface area contributed by atoms with Gasteiger partial charge in [0.2, 0.25) is 0 Å². The van der Waals surface area contributed by atoms with E-state index in [1.165, 1.54) is 9.13 Å². The molecule has 0 aromatic heterocycles. The Balaban J connectivity index is 2.57. The molecule has 1 aromatic carbocycles. The van der Waals surface area contributed by atoms with E-state index in [2.05, 4.69) is 46.1 Å². The third-order valence-corrected chi connectivity index (χ3v) is 2.12. The fourth-order valence-corrected chi connectivity index (χ4v) is 1.49. The summed E-state index contributed by atoms with van der Waals surface area (Å²) in [6.45, 7) is 2.49. The fourth-order valence-electron chi connectivity index (χ4n) is 0.882. The van der Waals surface area contributed by atoms with Crippen LogP contribution < -0.4 is 5.32 Å². The second-order valence-electron chi connectivity index (χ2n) is 2.61. The average molecular weight is 274 g/mol. The highest BCUT2D eigenvalue weighted by Crippen LogP contribution is 2.06. The monoisotopic (exact) mass is 274 g/mol. The van der Waals surface area contributed by atoms with Gasteiger partial charge in [-0.05, 0) is 47.2 Å². The molecule has 0 fully saturated rings. The van der Waals surface area contributed by atoms with Gasteiger partial charge in [-0.25, -0.2) is 0 Å². The predicted molar refractivity (Wildman–Crippen MR) is 59.4 cm³/mol. The van der Waals surface area contributed by atoms with Gasteiger partial charge < -0.3 is 5.32 Å². The first kappa shape index (κ1) is 9.51. The molecule has 0 amide bonds. The van der Waals surface area contributed by atoms with Crippen LogP contribution in [0.25, 0.3) is 0 Å². The van der Waals surface area contributed by atoms with Gasteiger partial charge in [-0.3, -0.25) is 5.41 Å². The zero-order valence-electron chi connectivity index (χ0n) is 6.89. The van der Waals surface area contributed by atoms with Crippen LogP contribution in [0.15, 0.2) is 24.3 Å². The molecule has 64 valence electrons. The molecule has 2 N–H and O–H groups in total. The van der Waals surface area contributed by atoms with Crippen LogP contribution in [0.3, 0.4) is 0 Å².